The fourth-order valence-corrected chi connectivity index (χ4v) is 6.27. The van der Waals surface area contributed by atoms with E-state index < -0.39 is 29.6 Å². The molecule has 46 heavy (non-hydrogen) atoms. The van der Waals surface area contributed by atoms with E-state index in [0.717, 1.165) is 42.5 Å². The van der Waals surface area contributed by atoms with Gasteiger partial charge in [0, 0.05) is 36.9 Å². The summed E-state index contributed by atoms with van der Waals surface area (Å²) in [5.74, 6) is -2.80. The minimum absolute atomic E-state index is 0.00245. The highest BCUT2D eigenvalue weighted by Crippen LogP contribution is 2.34. The number of halogens is 2. The van der Waals surface area contributed by atoms with Crippen LogP contribution in [0.4, 0.5) is 14.5 Å². The summed E-state index contributed by atoms with van der Waals surface area (Å²) < 4.78 is 37.5. The number of thiazole rings is 1. The Morgan fingerprint density at radius 1 is 1.09 bits per heavy atom. The predicted octanol–water partition coefficient (Wildman–Crippen LogP) is 5.51. The average molecular weight is 655 g/mol. The van der Waals surface area contributed by atoms with Crippen LogP contribution >= 0.6 is 11.3 Å². The van der Waals surface area contributed by atoms with Crippen LogP contribution in [0, 0.1) is 17.7 Å². The summed E-state index contributed by atoms with van der Waals surface area (Å²) in [6.07, 6.45) is 8.38. The number of pyridine rings is 1. The first kappa shape index (κ1) is 33.0. The van der Waals surface area contributed by atoms with Crippen molar-refractivity contribution in [1.29, 1.82) is 0 Å². The Balaban J connectivity index is 1.36. The Morgan fingerprint density at radius 2 is 1.85 bits per heavy atom. The third-order valence-electron chi connectivity index (χ3n) is 7.61. The smallest absolute Gasteiger partial charge is 0.275 e. The Kier molecular flexibility index (Phi) is 10.3. The monoisotopic (exact) mass is 654 g/mol. The number of carbonyl (C=O) groups is 3. The average Bonchev–Trinajstić information content (AvgIpc) is 3.78. The maximum Gasteiger partial charge on any atom is 0.275 e. The molecule has 1 saturated carbocycles. The van der Waals surface area contributed by atoms with Gasteiger partial charge in [-0.25, -0.2) is 19.0 Å². The molecule has 4 aromatic heterocycles. The zero-order valence-corrected chi connectivity index (χ0v) is 26.8. The summed E-state index contributed by atoms with van der Waals surface area (Å²) in [4.78, 5) is 46.3. The standard InChI is InChI=1S/C31H36F2N8O4S/c1-5-45-21-8-6-20(7-9-21)40-15-24(28(39-40)27-22(32)10-11-26(33)38-27)36-29(43)25-16-46-30(37-25)19-13-34-41(14-19)31(44)23(12-17(2)3)35-18(4)42/h10-11,13-17,20-21,23H,5-9,12H2,1-4H3,(H,35,42)(H,36,43)/t20-,21-,23?. The van der Waals surface area contributed by atoms with Gasteiger partial charge in [-0.05, 0) is 57.1 Å². The lowest BCUT2D eigenvalue weighted by Crippen LogP contribution is -2.43. The number of anilines is 1. The maximum atomic E-state index is 14.8. The van der Waals surface area contributed by atoms with Crippen LogP contribution in [0.2, 0.25) is 0 Å². The van der Waals surface area contributed by atoms with Gasteiger partial charge in [0.25, 0.3) is 11.8 Å². The summed E-state index contributed by atoms with van der Waals surface area (Å²) in [5.41, 5.74) is 0.422. The van der Waals surface area contributed by atoms with Crippen molar-refractivity contribution in [2.45, 2.75) is 78.0 Å². The van der Waals surface area contributed by atoms with E-state index in [1.54, 1.807) is 16.3 Å². The molecule has 1 fully saturated rings. The van der Waals surface area contributed by atoms with Gasteiger partial charge >= 0.3 is 0 Å². The molecule has 2 N–H and O–H groups in total. The zero-order chi connectivity index (χ0) is 33.0. The molecule has 4 aromatic rings. The number of nitrogens with one attached hydrogen (secondary N) is 2. The first-order valence-electron chi connectivity index (χ1n) is 15.2. The number of ether oxygens (including phenoxy) is 1. The van der Waals surface area contributed by atoms with Gasteiger partial charge in [0.05, 0.1) is 24.0 Å². The number of aromatic nitrogens is 6. The molecule has 0 bridgehead atoms. The van der Waals surface area contributed by atoms with E-state index in [0.29, 0.717) is 23.6 Å². The van der Waals surface area contributed by atoms with Gasteiger partial charge in [-0.3, -0.25) is 19.1 Å². The molecule has 1 aliphatic rings. The fourth-order valence-electron chi connectivity index (χ4n) is 5.49. The second-order valence-corrected chi connectivity index (χ2v) is 12.5. The molecule has 0 aromatic carbocycles. The molecule has 0 aliphatic heterocycles. The van der Waals surface area contributed by atoms with Crippen LogP contribution in [0.15, 0.2) is 36.1 Å². The molecule has 244 valence electrons. The molecule has 1 atom stereocenters. The van der Waals surface area contributed by atoms with Crippen molar-refractivity contribution in [3.05, 3.63) is 53.6 Å². The maximum absolute atomic E-state index is 14.8. The summed E-state index contributed by atoms with van der Waals surface area (Å²) >= 11 is 1.17. The third-order valence-corrected chi connectivity index (χ3v) is 8.50. The van der Waals surface area contributed by atoms with Crippen LogP contribution in [0.25, 0.3) is 22.0 Å². The number of nitrogens with zero attached hydrogens (tertiary/aromatic N) is 6. The number of carbonyl (C=O) groups excluding carboxylic acids is 3. The van der Waals surface area contributed by atoms with Crippen LogP contribution in [-0.4, -0.2) is 66.0 Å². The van der Waals surface area contributed by atoms with Crippen molar-refractivity contribution in [3.8, 4) is 22.0 Å². The highest BCUT2D eigenvalue weighted by Gasteiger charge is 2.28. The van der Waals surface area contributed by atoms with E-state index >= 15 is 0 Å². The van der Waals surface area contributed by atoms with Gasteiger partial charge in [0.15, 0.2) is 5.82 Å². The largest absolute Gasteiger partial charge is 0.379 e. The molecule has 0 spiro atoms. The summed E-state index contributed by atoms with van der Waals surface area (Å²) in [7, 11) is 0. The van der Waals surface area contributed by atoms with Crippen LogP contribution in [0.3, 0.4) is 0 Å². The van der Waals surface area contributed by atoms with Gasteiger partial charge in [0.1, 0.15) is 28.1 Å². The van der Waals surface area contributed by atoms with Gasteiger partial charge < -0.3 is 15.4 Å². The Bertz CT molecular complexity index is 1710. The second-order valence-electron chi connectivity index (χ2n) is 11.6. The quantitative estimate of drug-likeness (QED) is 0.202. The molecular formula is C31H36F2N8O4S. The van der Waals surface area contributed by atoms with Crippen molar-refractivity contribution >= 4 is 34.7 Å². The van der Waals surface area contributed by atoms with Crippen LogP contribution in [-0.2, 0) is 9.53 Å². The van der Waals surface area contributed by atoms with E-state index in [2.05, 4.69) is 30.8 Å². The second kappa shape index (κ2) is 14.4. The molecule has 12 nitrogen and oxygen atoms in total. The van der Waals surface area contributed by atoms with Gasteiger partial charge in [-0.15, -0.1) is 11.3 Å². The van der Waals surface area contributed by atoms with Gasteiger partial charge in [-0.2, -0.15) is 14.6 Å². The van der Waals surface area contributed by atoms with Crippen molar-refractivity contribution < 1.29 is 27.9 Å². The van der Waals surface area contributed by atoms with Crippen LogP contribution in [0.1, 0.15) is 81.1 Å². The lowest BCUT2D eigenvalue weighted by molar-refractivity contribution is -0.119. The lowest BCUT2D eigenvalue weighted by Gasteiger charge is -2.28. The number of hydrogen-bond donors (Lipinski definition) is 2. The number of amides is 2. The van der Waals surface area contributed by atoms with Crippen molar-refractivity contribution in [1.82, 2.24) is 34.8 Å². The van der Waals surface area contributed by atoms with Gasteiger partial charge in [-0.1, -0.05) is 13.8 Å². The van der Waals surface area contributed by atoms with E-state index in [1.165, 1.54) is 30.7 Å². The molecule has 1 aliphatic carbocycles. The Labute approximate surface area is 268 Å². The predicted molar refractivity (Wildman–Crippen MR) is 167 cm³/mol. The van der Waals surface area contributed by atoms with Crippen LogP contribution in [0.5, 0.6) is 0 Å². The van der Waals surface area contributed by atoms with E-state index in [9.17, 15) is 23.2 Å². The zero-order valence-electron chi connectivity index (χ0n) is 26.0. The first-order chi connectivity index (χ1) is 22.0. The topological polar surface area (TPSA) is 146 Å². The molecule has 15 heteroatoms. The Hall–Kier alpha value is -4.37. The van der Waals surface area contributed by atoms with Crippen molar-refractivity contribution in [2.24, 2.45) is 5.92 Å². The minimum Gasteiger partial charge on any atom is -0.379 e. The molecular weight excluding hydrogens is 618 g/mol. The molecule has 2 amide bonds. The highest BCUT2D eigenvalue weighted by molar-refractivity contribution is 7.13. The lowest BCUT2D eigenvalue weighted by atomic mass is 9.93. The third kappa shape index (κ3) is 7.70. The Morgan fingerprint density at radius 3 is 2.54 bits per heavy atom. The summed E-state index contributed by atoms with van der Waals surface area (Å²) in [6.45, 7) is 7.85. The van der Waals surface area contributed by atoms with Gasteiger partial charge in [0.2, 0.25) is 11.9 Å². The summed E-state index contributed by atoms with van der Waals surface area (Å²) in [6, 6.07) is 1.12. The van der Waals surface area contributed by atoms with E-state index in [4.69, 9.17) is 4.74 Å². The van der Waals surface area contributed by atoms with Crippen LogP contribution < -0.4 is 10.6 Å². The van der Waals surface area contributed by atoms with E-state index in [-0.39, 0.29) is 46.7 Å². The van der Waals surface area contributed by atoms with Crippen molar-refractivity contribution in [2.75, 3.05) is 11.9 Å². The molecule has 0 radical (unpaired) electrons. The fraction of sp³-hybridized carbons (Fsp3) is 0.452. The molecule has 4 heterocycles. The van der Waals surface area contributed by atoms with E-state index in [1.807, 2.05) is 20.8 Å². The number of rotatable bonds is 11. The van der Waals surface area contributed by atoms with Crippen molar-refractivity contribution in [3.63, 3.8) is 0 Å². The molecule has 1 unspecified atom stereocenters. The first-order valence-corrected chi connectivity index (χ1v) is 16.1. The molecule has 5 rings (SSSR count). The SMILES string of the molecule is CCO[C@H]1CC[C@H](n2cc(NC(=O)c3csc(-c4cnn(C(=O)C(CC(C)C)NC(C)=O)c4)n3)c(-c3nc(F)ccc3F)n2)CC1. The minimum atomic E-state index is -0.878. The highest BCUT2D eigenvalue weighted by atomic mass is 32.1. The normalized spacial score (nSPS) is 17.2. The molecule has 0 saturated heterocycles. The number of hydrogen-bond acceptors (Lipinski definition) is 9. The summed E-state index contributed by atoms with van der Waals surface area (Å²) in [5, 5.41) is 16.1.